The van der Waals surface area contributed by atoms with Gasteiger partial charge in [0.25, 0.3) is 5.97 Å². The first kappa shape index (κ1) is 21.3. The molecular weight excluding hydrogens is 272 g/mol. The van der Waals surface area contributed by atoms with Gasteiger partial charge < -0.3 is 19.4 Å². The topological polar surface area (TPSA) is 72.8 Å². The van der Waals surface area contributed by atoms with Gasteiger partial charge in [-0.05, 0) is 12.1 Å². The highest BCUT2D eigenvalue weighted by Crippen LogP contribution is 2.27. The number of hydrogen-bond acceptors (Lipinski definition) is 4. The molecule has 1 rings (SSSR count). The van der Waals surface area contributed by atoms with E-state index in [-0.39, 0.29) is 0 Å². The maximum absolute atomic E-state index is 10.4. The van der Waals surface area contributed by atoms with E-state index in [1.165, 1.54) is 12.8 Å². The zero-order valence-electron chi connectivity index (χ0n) is 13.5. The van der Waals surface area contributed by atoms with Crippen molar-refractivity contribution in [1.29, 1.82) is 0 Å². The molecule has 0 bridgehead atoms. The maximum atomic E-state index is 10.4. The highest BCUT2D eigenvalue weighted by molar-refractivity contribution is 5.63. The number of unbranched alkanes of at least 4 members (excludes halogenated alkanes) is 1. The van der Waals surface area contributed by atoms with Crippen LogP contribution in [-0.4, -0.2) is 31.6 Å². The van der Waals surface area contributed by atoms with Crippen molar-refractivity contribution in [2.75, 3.05) is 14.2 Å². The molecule has 0 fully saturated rings. The minimum absolute atomic E-state index is 0.313. The quantitative estimate of drug-likeness (QED) is 0.844. The van der Waals surface area contributed by atoms with Gasteiger partial charge >= 0.3 is 0 Å². The largest absolute Gasteiger partial charge is 0.496 e. The Labute approximate surface area is 126 Å². The van der Waals surface area contributed by atoms with Gasteiger partial charge in [0, 0.05) is 18.9 Å². The predicted octanol–water partition coefficient (Wildman–Crippen LogP) is 3.34. The molecule has 1 N–H and O–H groups in total. The van der Waals surface area contributed by atoms with Crippen LogP contribution in [-0.2, 0) is 16.0 Å². The molecule has 5 nitrogen and oxygen atoms in total. The number of carbonyl (C=O) groups is 2. The van der Waals surface area contributed by atoms with Crippen LogP contribution in [0.25, 0.3) is 0 Å². The van der Waals surface area contributed by atoms with Gasteiger partial charge in [0.15, 0.2) is 0 Å². The van der Waals surface area contributed by atoms with Crippen molar-refractivity contribution in [2.45, 2.75) is 40.0 Å². The number of carboxylic acids is 1. The number of aliphatic carboxylic acids is 1. The summed E-state index contributed by atoms with van der Waals surface area (Å²) in [7, 11) is 3.14. The SMILES string of the molecule is CC(=O)O.CCCC.COc1cccc(OC)c1CC=O. The Hall–Kier alpha value is -2.04. The summed E-state index contributed by atoms with van der Waals surface area (Å²) in [6.45, 7) is 5.44. The highest BCUT2D eigenvalue weighted by atomic mass is 16.5. The van der Waals surface area contributed by atoms with Crippen molar-refractivity contribution in [3.05, 3.63) is 23.8 Å². The van der Waals surface area contributed by atoms with Crippen LogP contribution < -0.4 is 9.47 Å². The zero-order valence-corrected chi connectivity index (χ0v) is 13.5. The van der Waals surface area contributed by atoms with Gasteiger partial charge in [0.2, 0.25) is 0 Å². The molecule has 21 heavy (non-hydrogen) atoms. The average Bonchev–Trinajstić information content (AvgIpc) is 2.47. The summed E-state index contributed by atoms with van der Waals surface area (Å²) in [6, 6.07) is 5.44. The number of rotatable bonds is 5. The van der Waals surface area contributed by atoms with Crippen LogP contribution in [0.1, 0.15) is 39.2 Å². The summed E-state index contributed by atoms with van der Waals surface area (Å²) < 4.78 is 10.2. The van der Waals surface area contributed by atoms with Crippen molar-refractivity contribution in [3.8, 4) is 11.5 Å². The Morgan fingerprint density at radius 1 is 1.14 bits per heavy atom. The first-order valence-electron chi connectivity index (χ1n) is 6.81. The molecule has 5 heteroatoms. The van der Waals surface area contributed by atoms with E-state index in [0.717, 1.165) is 18.8 Å². The minimum Gasteiger partial charge on any atom is -0.496 e. The number of benzene rings is 1. The molecule has 0 aromatic heterocycles. The molecule has 0 saturated carbocycles. The second kappa shape index (κ2) is 14.4. The fourth-order valence-electron chi connectivity index (χ4n) is 1.21. The van der Waals surface area contributed by atoms with Crippen LogP contribution >= 0.6 is 0 Å². The standard InChI is InChI=1S/C10H12O3.C4H10.C2H4O2/c1-12-9-4-3-5-10(13-2)8(9)6-7-11;1-3-4-2;1-2(3)4/h3-5,7H,6H2,1-2H3;3-4H2,1-2H3;1H3,(H,3,4). The van der Waals surface area contributed by atoms with E-state index in [9.17, 15) is 4.79 Å². The van der Waals surface area contributed by atoms with Gasteiger partial charge in [0.05, 0.1) is 14.2 Å². The second-order valence-electron chi connectivity index (χ2n) is 4.03. The van der Waals surface area contributed by atoms with E-state index >= 15 is 0 Å². The Bertz CT molecular complexity index is 373. The van der Waals surface area contributed by atoms with Crippen molar-refractivity contribution < 1.29 is 24.2 Å². The summed E-state index contributed by atoms with van der Waals surface area (Å²) in [4.78, 5) is 19.4. The molecule has 0 radical (unpaired) electrons. The smallest absolute Gasteiger partial charge is 0.300 e. The van der Waals surface area contributed by atoms with E-state index in [4.69, 9.17) is 19.4 Å². The maximum Gasteiger partial charge on any atom is 0.300 e. The molecular formula is C16H26O5. The molecule has 0 amide bonds. The van der Waals surface area contributed by atoms with E-state index in [2.05, 4.69) is 13.8 Å². The molecule has 1 aromatic rings. The third kappa shape index (κ3) is 11.5. The van der Waals surface area contributed by atoms with Crippen molar-refractivity contribution in [3.63, 3.8) is 0 Å². The molecule has 0 aliphatic carbocycles. The van der Waals surface area contributed by atoms with Crippen LogP contribution in [0.5, 0.6) is 11.5 Å². The predicted molar refractivity (Wildman–Crippen MR) is 83.2 cm³/mol. The molecule has 0 heterocycles. The Morgan fingerprint density at radius 3 is 1.76 bits per heavy atom. The van der Waals surface area contributed by atoms with Gasteiger partial charge in [-0.25, -0.2) is 0 Å². The highest BCUT2D eigenvalue weighted by Gasteiger charge is 2.07. The van der Waals surface area contributed by atoms with Gasteiger partial charge in [-0.2, -0.15) is 0 Å². The van der Waals surface area contributed by atoms with Gasteiger partial charge in [-0.15, -0.1) is 0 Å². The third-order valence-electron chi connectivity index (χ3n) is 2.32. The van der Waals surface area contributed by atoms with E-state index in [1.807, 2.05) is 6.07 Å². The summed E-state index contributed by atoms with van der Waals surface area (Å²) >= 11 is 0. The van der Waals surface area contributed by atoms with Gasteiger partial charge in [0.1, 0.15) is 17.8 Å². The number of methoxy groups -OCH3 is 2. The lowest BCUT2D eigenvalue weighted by atomic mass is 10.1. The Morgan fingerprint density at radius 2 is 1.52 bits per heavy atom. The fourth-order valence-corrected chi connectivity index (χ4v) is 1.21. The number of aldehydes is 1. The zero-order chi connectivity index (χ0) is 16.7. The van der Waals surface area contributed by atoms with Crippen LogP contribution in [0, 0.1) is 0 Å². The molecule has 0 aliphatic heterocycles. The molecule has 0 spiro atoms. The van der Waals surface area contributed by atoms with Crippen molar-refractivity contribution >= 4 is 12.3 Å². The number of ether oxygens (including phenoxy) is 2. The molecule has 0 atom stereocenters. The summed E-state index contributed by atoms with van der Waals surface area (Å²) in [5.74, 6) is 0.540. The summed E-state index contributed by atoms with van der Waals surface area (Å²) in [6.07, 6.45) is 3.79. The number of hydrogen-bond donors (Lipinski definition) is 1. The van der Waals surface area contributed by atoms with Gasteiger partial charge in [-0.3, -0.25) is 4.79 Å². The monoisotopic (exact) mass is 298 g/mol. The lowest BCUT2D eigenvalue weighted by Crippen LogP contribution is -1.97. The lowest BCUT2D eigenvalue weighted by Gasteiger charge is -2.10. The van der Waals surface area contributed by atoms with Crippen LogP contribution in [0.3, 0.4) is 0 Å². The lowest BCUT2D eigenvalue weighted by molar-refractivity contribution is -0.134. The first-order valence-corrected chi connectivity index (χ1v) is 6.81. The Balaban J connectivity index is 0. The van der Waals surface area contributed by atoms with Crippen LogP contribution in [0.2, 0.25) is 0 Å². The van der Waals surface area contributed by atoms with E-state index in [0.29, 0.717) is 17.9 Å². The average molecular weight is 298 g/mol. The van der Waals surface area contributed by atoms with Crippen molar-refractivity contribution in [2.24, 2.45) is 0 Å². The van der Waals surface area contributed by atoms with Crippen LogP contribution in [0.4, 0.5) is 0 Å². The van der Waals surface area contributed by atoms with Gasteiger partial charge in [-0.1, -0.05) is 32.8 Å². The molecule has 0 saturated heterocycles. The van der Waals surface area contributed by atoms with Crippen molar-refractivity contribution in [1.82, 2.24) is 0 Å². The molecule has 0 aliphatic rings. The Kier molecular flexibility index (Phi) is 14.5. The molecule has 120 valence electrons. The third-order valence-corrected chi connectivity index (χ3v) is 2.32. The van der Waals surface area contributed by atoms with E-state index < -0.39 is 5.97 Å². The van der Waals surface area contributed by atoms with E-state index in [1.54, 1.807) is 26.4 Å². The number of carbonyl (C=O) groups excluding carboxylic acids is 1. The molecule has 1 aromatic carbocycles. The summed E-state index contributed by atoms with van der Waals surface area (Å²) in [5.41, 5.74) is 0.794. The summed E-state index contributed by atoms with van der Waals surface area (Å²) in [5, 5.41) is 7.42. The first-order chi connectivity index (χ1) is 9.98. The number of carboxylic acid groups (broad SMARTS) is 1. The minimum atomic E-state index is -0.833. The second-order valence-corrected chi connectivity index (χ2v) is 4.03. The fraction of sp³-hybridized carbons (Fsp3) is 0.500. The normalized spacial score (nSPS) is 8.43. The molecule has 0 unspecified atom stereocenters. The van der Waals surface area contributed by atoms with Crippen LogP contribution in [0.15, 0.2) is 18.2 Å².